The smallest absolute Gasteiger partial charge is 0.352 e. The molecule has 2 aromatic heterocycles. The summed E-state index contributed by atoms with van der Waals surface area (Å²) in [6.07, 6.45) is 3.31. The molecule has 0 saturated heterocycles. The van der Waals surface area contributed by atoms with Crippen molar-refractivity contribution in [2.24, 2.45) is 5.73 Å². The van der Waals surface area contributed by atoms with Gasteiger partial charge in [-0.1, -0.05) is 13.3 Å². The van der Waals surface area contributed by atoms with Gasteiger partial charge in [0, 0.05) is 28.3 Å². The number of ketones is 1. The van der Waals surface area contributed by atoms with Crippen LogP contribution in [0.3, 0.4) is 0 Å². The zero-order valence-corrected chi connectivity index (χ0v) is 17.5. The summed E-state index contributed by atoms with van der Waals surface area (Å²) in [6.45, 7) is 2.46. The number of nitrogens with one attached hydrogen (secondary N) is 2. The largest absolute Gasteiger partial charge is 0.477 e. The minimum Gasteiger partial charge on any atom is -0.477 e. The first-order valence-electron chi connectivity index (χ1n) is 9.82. The number of hydrogen-bond acceptors (Lipinski definition) is 6. The number of aromatic nitrogens is 2. The molecule has 0 fully saturated rings. The van der Waals surface area contributed by atoms with Gasteiger partial charge >= 0.3 is 5.97 Å². The van der Waals surface area contributed by atoms with Crippen LogP contribution >= 0.6 is 11.3 Å². The van der Waals surface area contributed by atoms with E-state index in [-0.39, 0.29) is 17.4 Å². The second kappa shape index (κ2) is 9.64. The number of nitrogens with two attached hydrogens (primary N) is 1. The van der Waals surface area contributed by atoms with Crippen LogP contribution in [0.1, 0.15) is 69.5 Å². The Kier molecular flexibility index (Phi) is 6.96. The van der Waals surface area contributed by atoms with Gasteiger partial charge in [0.15, 0.2) is 10.9 Å². The molecule has 8 nitrogen and oxygen atoms in total. The quantitative estimate of drug-likeness (QED) is 0.362. The predicted molar refractivity (Wildman–Crippen MR) is 117 cm³/mol. The lowest BCUT2D eigenvalue weighted by atomic mass is 10.0. The Labute approximate surface area is 177 Å². The highest BCUT2D eigenvalue weighted by molar-refractivity contribution is 7.14. The number of carboxylic acids is 1. The van der Waals surface area contributed by atoms with Crippen LogP contribution in [0, 0.1) is 0 Å². The van der Waals surface area contributed by atoms with E-state index in [9.17, 15) is 19.5 Å². The fourth-order valence-corrected chi connectivity index (χ4v) is 3.91. The minimum atomic E-state index is -1.05. The highest BCUT2D eigenvalue weighted by atomic mass is 32.1. The number of Topliss-reactive ketones (excluding diaryl/α,β-unsaturated/α-hetero) is 1. The number of H-pyrrole nitrogens is 1. The summed E-state index contributed by atoms with van der Waals surface area (Å²) in [6, 6.07) is 4.97. The molecule has 0 aliphatic carbocycles. The Hall–Kier alpha value is -3.04. The molecule has 9 heteroatoms. The van der Waals surface area contributed by atoms with Crippen molar-refractivity contribution in [3.8, 4) is 0 Å². The zero-order valence-electron chi connectivity index (χ0n) is 16.7. The Morgan fingerprint density at radius 1 is 1.27 bits per heavy atom. The number of aryl methyl sites for hydroxylation is 1. The number of hydrogen-bond donors (Lipinski definition) is 4. The molecule has 30 heavy (non-hydrogen) atoms. The zero-order chi connectivity index (χ0) is 21.7. The van der Waals surface area contributed by atoms with Gasteiger partial charge in [-0.3, -0.25) is 14.9 Å². The molecule has 158 valence electrons. The van der Waals surface area contributed by atoms with Crippen LogP contribution in [-0.4, -0.2) is 39.3 Å². The van der Waals surface area contributed by atoms with Crippen molar-refractivity contribution in [3.05, 3.63) is 46.1 Å². The first-order chi connectivity index (χ1) is 14.4. The number of carbonyl (C=O) groups excluding carboxylic acids is 2. The topological polar surface area (TPSA) is 138 Å². The predicted octanol–water partition coefficient (Wildman–Crippen LogP) is 3.84. The molecule has 0 unspecified atom stereocenters. The van der Waals surface area contributed by atoms with Crippen LogP contribution < -0.4 is 11.1 Å². The van der Waals surface area contributed by atoms with E-state index in [4.69, 9.17) is 5.73 Å². The molecule has 1 amide bonds. The number of aromatic carboxylic acids is 1. The second-order valence-electron chi connectivity index (χ2n) is 6.96. The second-order valence-corrected chi connectivity index (χ2v) is 7.81. The molecule has 0 bridgehead atoms. The Morgan fingerprint density at radius 3 is 2.77 bits per heavy atom. The lowest BCUT2D eigenvalue weighted by Crippen LogP contribution is -2.12. The van der Waals surface area contributed by atoms with Gasteiger partial charge in [0.25, 0.3) is 5.91 Å². The van der Waals surface area contributed by atoms with Crippen LogP contribution in [0.2, 0.25) is 0 Å². The molecule has 0 saturated carbocycles. The lowest BCUT2D eigenvalue weighted by Gasteiger charge is -2.04. The van der Waals surface area contributed by atoms with Gasteiger partial charge in [0.05, 0.1) is 0 Å². The molecular weight excluding hydrogens is 404 g/mol. The van der Waals surface area contributed by atoms with Crippen LogP contribution in [0.4, 0.5) is 5.13 Å². The van der Waals surface area contributed by atoms with Crippen molar-refractivity contribution in [2.45, 2.75) is 39.0 Å². The van der Waals surface area contributed by atoms with Crippen molar-refractivity contribution >= 4 is 45.0 Å². The van der Waals surface area contributed by atoms with Crippen molar-refractivity contribution in [3.63, 3.8) is 0 Å². The number of fused-ring (bicyclic) bond motifs is 1. The van der Waals surface area contributed by atoms with E-state index in [0.717, 1.165) is 12.8 Å². The number of nitrogens with zero attached hydrogens (tertiary/aromatic N) is 1. The van der Waals surface area contributed by atoms with E-state index in [0.29, 0.717) is 58.7 Å². The number of carbonyl (C=O) groups is 3. The fraction of sp³-hybridized carbons (Fsp3) is 0.333. The van der Waals surface area contributed by atoms with E-state index in [1.165, 1.54) is 11.3 Å². The SMILES string of the molecule is CCCCC(=O)c1csc(NC(=O)c2ccc3[nH]c(C(=O)O)c(CCCN)c3c2)n1. The van der Waals surface area contributed by atoms with E-state index < -0.39 is 5.97 Å². The molecule has 1 aromatic carbocycles. The molecule has 0 radical (unpaired) electrons. The Balaban J connectivity index is 1.82. The third kappa shape index (κ3) is 4.74. The highest BCUT2D eigenvalue weighted by Gasteiger charge is 2.19. The van der Waals surface area contributed by atoms with Gasteiger partial charge in [0.1, 0.15) is 11.4 Å². The van der Waals surface area contributed by atoms with Gasteiger partial charge < -0.3 is 15.8 Å². The average Bonchev–Trinajstić information content (AvgIpc) is 3.34. The maximum atomic E-state index is 12.7. The molecule has 0 spiro atoms. The third-order valence-corrected chi connectivity index (χ3v) is 5.54. The number of amides is 1. The molecular formula is C21H24N4O4S. The van der Waals surface area contributed by atoms with Crippen molar-refractivity contribution in [1.29, 1.82) is 0 Å². The molecule has 0 aliphatic heterocycles. The number of carboxylic acid groups (broad SMARTS) is 1. The summed E-state index contributed by atoms with van der Waals surface area (Å²) < 4.78 is 0. The summed E-state index contributed by atoms with van der Waals surface area (Å²) in [5.74, 6) is -1.46. The summed E-state index contributed by atoms with van der Waals surface area (Å²) >= 11 is 1.20. The third-order valence-electron chi connectivity index (χ3n) is 4.78. The molecule has 5 N–H and O–H groups in total. The molecule has 3 aromatic rings. The maximum Gasteiger partial charge on any atom is 0.352 e. The summed E-state index contributed by atoms with van der Waals surface area (Å²) in [7, 11) is 0. The fourth-order valence-electron chi connectivity index (χ4n) is 3.20. The van der Waals surface area contributed by atoms with E-state index >= 15 is 0 Å². The summed E-state index contributed by atoms with van der Waals surface area (Å²) in [5, 5.41) is 14.9. The van der Waals surface area contributed by atoms with Crippen LogP contribution in [-0.2, 0) is 6.42 Å². The van der Waals surface area contributed by atoms with Gasteiger partial charge in [-0.05, 0) is 49.6 Å². The van der Waals surface area contributed by atoms with Gasteiger partial charge in [-0.15, -0.1) is 11.3 Å². The molecule has 2 heterocycles. The molecule has 3 rings (SSSR count). The number of aromatic amines is 1. The minimum absolute atomic E-state index is 0.0342. The number of unbranched alkanes of at least 4 members (excludes halogenated alkanes) is 1. The van der Waals surface area contributed by atoms with Gasteiger partial charge in [-0.2, -0.15) is 0 Å². The molecule has 0 aliphatic rings. The highest BCUT2D eigenvalue weighted by Crippen LogP contribution is 2.26. The van der Waals surface area contributed by atoms with Crippen LogP contribution in [0.15, 0.2) is 23.6 Å². The van der Waals surface area contributed by atoms with Crippen molar-refractivity contribution in [1.82, 2.24) is 9.97 Å². The number of thiazole rings is 1. The summed E-state index contributed by atoms with van der Waals surface area (Å²) in [5.41, 5.74) is 7.71. The lowest BCUT2D eigenvalue weighted by molar-refractivity contribution is 0.0690. The average molecular weight is 429 g/mol. The maximum absolute atomic E-state index is 12.7. The number of anilines is 1. The van der Waals surface area contributed by atoms with Crippen molar-refractivity contribution < 1.29 is 19.5 Å². The van der Waals surface area contributed by atoms with Crippen LogP contribution in [0.25, 0.3) is 10.9 Å². The van der Waals surface area contributed by atoms with Gasteiger partial charge in [-0.25, -0.2) is 9.78 Å². The van der Waals surface area contributed by atoms with E-state index in [1.807, 2.05) is 6.92 Å². The Morgan fingerprint density at radius 2 is 2.07 bits per heavy atom. The number of benzene rings is 1. The first-order valence-corrected chi connectivity index (χ1v) is 10.7. The summed E-state index contributed by atoms with van der Waals surface area (Å²) in [4.78, 5) is 43.4. The normalized spacial score (nSPS) is 11.0. The van der Waals surface area contributed by atoms with E-state index in [2.05, 4.69) is 15.3 Å². The molecule has 0 atom stereocenters. The monoisotopic (exact) mass is 428 g/mol. The number of rotatable bonds is 10. The first kappa shape index (κ1) is 21.7. The van der Waals surface area contributed by atoms with Crippen molar-refractivity contribution in [2.75, 3.05) is 11.9 Å². The van der Waals surface area contributed by atoms with Gasteiger partial charge in [0.2, 0.25) is 0 Å². The standard InChI is InChI=1S/C21H24N4O4S/c1-2-3-6-17(26)16-11-30-21(24-16)25-19(27)12-7-8-15-14(10-12)13(5-4-9-22)18(23-15)20(28)29/h7-8,10-11,23H,2-6,9,22H2,1H3,(H,28,29)(H,24,25,27). The Bertz CT molecular complexity index is 1090. The van der Waals surface area contributed by atoms with Crippen LogP contribution in [0.5, 0.6) is 0 Å². The van der Waals surface area contributed by atoms with E-state index in [1.54, 1.807) is 23.6 Å².